The molecule has 0 spiro atoms. The van der Waals surface area contributed by atoms with Crippen LogP contribution in [0.3, 0.4) is 0 Å². The molecule has 0 bridgehead atoms. The molecule has 1 saturated carbocycles. The van der Waals surface area contributed by atoms with Crippen LogP contribution < -0.4 is 0 Å². The maximum atomic E-state index is 10.9. The molecule has 0 aliphatic heterocycles. The highest BCUT2D eigenvalue weighted by Gasteiger charge is 2.28. The van der Waals surface area contributed by atoms with Crippen molar-refractivity contribution in [1.82, 2.24) is 9.78 Å². The number of hydrogen-bond acceptors (Lipinski definition) is 2. The van der Waals surface area contributed by atoms with Crippen LogP contribution >= 0.6 is 22.6 Å². The van der Waals surface area contributed by atoms with E-state index in [4.69, 9.17) is 5.11 Å². The molecule has 16 heavy (non-hydrogen) atoms. The molecule has 1 fully saturated rings. The summed E-state index contributed by atoms with van der Waals surface area (Å²) in [5.74, 6) is -0.255. The van der Waals surface area contributed by atoms with Crippen LogP contribution in [-0.4, -0.2) is 20.9 Å². The Balaban J connectivity index is 2.16. The number of carbonyl (C=O) groups is 1. The highest BCUT2D eigenvalue weighted by Crippen LogP contribution is 2.35. The minimum atomic E-state index is -0.734. The minimum absolute atomic E-state index is 0.0310. The van der Waals surface area contributed by atoms with Gasteiger partial charge in [0.1, 0.15) is 0 Å². The van der Waals surface area contributed by atoms with Gasteiger partial charge in [-0.15, -0.1) is 0 Å². The van der Waals surface area contributed by atoms with Gasteiger partial charge in [0.05, 0.1) is 22.2 Å². The predicted octanol–water partition coefficient (Wildman–Crippen LogP) is 2.69. The lowest BCUT2D eigenvalue weighted by molar-refractivity contribution is -0.138. The maximum absolute atomic E-state index is 10.9. The van der Waals surface area contributed by atoms with Gasteiger partial charge in [-0.3, -0.25) is 9.48 Å². The van der Waals surface area contributed by atoms with E-state index >= 15 is 0 Å². The average Bonchev–Trinajstić information content (AvgIpc) is 2.84. The Kier molecular flexibility index (Phi) is 3.83. The van der Waals surface area contributed by atoms with Crippen molar-refractivity contribution >= 4 is 28.6 Å². The molecule has 0 radical (unpaired) electrons. The largest absolute Gasteiger partial charge is 0.481 e. The van der Waals surface area contributed by atoms with Crippen LogP contribution in [0.4, 0.5) is 0 Å². The number of nitrogens with zero attached hydrogens (tertiary/aromatic N) is 2. The Hall–Kier alpha value is -0.590. The summed E-state index contributed by atoms with van der Waals surface area (Å²) in [5.41, 5.74) is 0. The fourth-order valence-electron chi connectivity index (χ4n) is 2.49. The van der Waals surface area contributed by atoms with E-state index in [2.05, 4.69) is 27.7 Å². The molecule has 1 heterocycles. The van der Waals surface area contributed by atoms with E-state index in [1.54, 1.807) is 6.20 Å². The van der Waals surface area contributed by atoms with Gasteiger partial charge in [-0.05, 0) is 41.4 Å². The highest BCUT2D eigenvalue weighted by atomic mass is 127. The van der Waals surface area contributed by atoms with Crippen molar-refractivity contribution in [2.45, 2.75) is 38.1 Å². The lowest BCUT2D eigenvalue weighted by Gasteiger charge is -2.22. The molecule has 88 valence electrons. The summed E-state index contributed by atoms with van der Waals surface area (Å²) in [6.45, 7) is 0. The summed E-state index contributed by atoms with van der Waals surface area (Å²) in [4.78, 5) is 10.9. The normalized spacial score (nSPS) is 18.8. The summed E-state index contributed by atoms with van der Waals surface area (Å²) < 4.78 is 2.90. The number of carboxylic acids is 1. The van der Waals surface area contributed by atoms with Crippen molar-refractivity contribution in [2.24, 2.45) is 5.92 Å². The van der Waals surface area contributed by atoms with Crippen LogP contribution in [0.1, 0.15) is 38.1 Å². The van der Waals surface area contributed by atoms with Crippen molar-refractivity contribution in [1.29, 1.82) is 0 Å². The van der Waals surface area contributed by atoms with Crippen molar-refractivity contribution in [3.63, 3.8) is 0 Å². The van der Waals surface area contributed by atoms with E-state index in [1.807, 2.05) is 10.9 Å². The SMILES string of the molecule is O=C(O)C[C@H](C1CCCC1)n1cc(I)cn1. The third-order valence-electron chi connectivity index (χ3n) is 3.24. The Morgan fingerprint density at radius 3 is 2.81 bits per heavy atom. The smallest absolute Gasteiger partial charge is 0.305 e. The molecule has 2 rings (SSSR count). The molecule has 0 saturated heterocycles. The fraction of sp³-hybridized carbons (Fsp3) is 0.636. The maximum Gasteiger partial charge on any atom is 0.305 e. The zero-order chi connectivity index (χ0) is 11.5. The lowest BCUT2D eigenvalue weighted by Crippen LogP contribution is -2.21. The van der Waals surface area contributed by atoms with Gasteiger partial charge in [-0.1, -0.05) is 12.8 Å². The number of aromatic nitrogens is 2. The zero-order valence-electron chi connectivity index (χ0n) is 8.97. The van der Waals surface area contributed by atoms with Gasteiger partial charge in [0.15, 0.2) is 0 Å². The molecule has 0 aromatic carbocycles. The molecule has 5 heteroatoms. The molecule has 4 nitrogen and oxygen atoms in total. The molecule has 1 aromatic rings. The topological polar surface area (TPSA) is 55.1 Å². The Morgan fingerprint density at radius 1 is 1.62 bits per heavy atom. The minimum Gasteiger partial charge on any atom is -0.481 e. The second kappa shape index (κ2) is 5.16. The number of carboxylic acid groups (broad SMARTS) is 1. The Bertz CT molecular complexity index is 372. The van der Waals surface area contributed by atoms with Gasteiger partial charge in [0.2, 0.25) is 0 Å². The van der Waals surface area contributed by atoms with Crippen LogP contribution in [0.25, 0.3) is 0 Å². The van der Waals surface area contributed by atoms with Crippen LogP contribution in [-0.2, 0) is 4.79 Å². The standard InChI is InChI=1S/C11H15IN2O2/c12-9-6-13-14(7-9)10(5-11(15)16)8-3-1-2-4-8/h6-8,10H,1-5H2,(H,15,16)/t10-/m1/s1. The van der Waals surface area contributed by atoms with E-state index in [-0.39, 0.29) is 12.5 Å². The van der Waals surface area contributed by atoms with Gasteiger partial charge in [0, 0.05) is 6.20 Å². The van der Waals surface area contributed by atoms with Crippen LogP contribution in [0.5, 0.6) is 0 Å². The summed E-state index contributed by atoms with van der Waals surface area (Å²) in [6.07, 6.45) is 8.61. The first kappa shape index (κ1) is 11.9. The molecule has 1 aliphatic carbocycles. The molecule has 1 aliphatic rings. The number of halogens is 1. The molecule has 1 atom stereocenters. The second-order valence-corrected chi connectivity index (χ2v) is 5.59. The second-order valence-electron chi connectivity index (χ2n) is 4.35. The Morgan fingerprint density at radius 2 is 2.31 bits per heavy atom. The Labute approximate surface area is 108 Å². The number of aliphatic carboxylic acids is 1. The highest BCUT2D eigenvalue weighted by molar-refractivity contribution is 14.1. The summed E-state index contributed by atoms with van der Waals surface area (Å²) in [7, 11) is 0. The first-order valence-electron chi connectivity index (χ1n) is 5.58. The summed E-state index contributed by atoms with van der Waals surface area (Å²) >= 11 is 2.20. The van der Waals surface area contributed by atoms with E-state index in [1.165, 1.54) is 12.8 Å². The predicted molar refractivity (Wildman–Crippen MR) is 68.2 cm³/mol. The molecular weight excluding hydrogens is 319 g/mol. The summed E-state index contributed by atoms with van der Waals surface area (Å²) in [6, 6.07) is 0.0310. The van der Waals surface area contributed by atoms with E-state index in [9.17, 15) is 4.79 Å². The van der Waals surface area contributed by atoms with Crippen LogP contribution in [0.2, 0.25) is 0 Å². The molecule has 1 N–H and O–H groups in total. The van der Waals surface area contributed by atoms with Crippen molar-refractivity contribution in [3.8, 4) is 0 Å². The third kappa shape index (κ3) is 2.75. The summed E-state index contributed by atoms with van der Waals surface area (Å²) in [5, 5.41) is 13.2. The molecule has 0 amide bonds. The van der Waals surface area contributed by atoms with Crippen LogP contribution in [0.15, 0.2) is 12.4 Å². The van der Waals surface area contributed by atoms with Crippen molar-refractivity contribution < 1.29 is 9.90 Å². The number of rotatable bonds is 4. The average molecular weight is 334 g/mol. The first-order valence-corrected chi connectivity index (χ1v) is 6.66. The number of hydrogen-bond donors (Lipinski definition) is 1. The van der Waals surface area contributed by atoms with Crippen molar-refractivity contribution in [3.05, 3.63) is 16.0 Å². The lowest BCUT2D eigenvalue weighted by atomic mass is 9.95. The van der Waals surface area contributed by atoms with Gasteiger partial charge >= 0.3 is 5.97 Å². The first-order chi connectivity index (χ1) is 7.66. The van der Waals surface area contributed by atoms with Gasteiger partial charge in [-0.2, -0.15) is 5.10 Å². The third-order valence-corrected chi connectivity index (χ3v) is 3.79. The van der Waals surface area contributed by atoms with Crippen LogP contribution in [0, 0.1) is 9.49 Å². The van der Waals surface area contributed by atoms with Crippen molar-refractivity contribution in [2.75, 3.05) is 0 Å². The van der Waals surface area contributed by atoms with E-state index in [0.717, 1.165) is 16.4 Å². The quantitative estimate of drug-likeness (QED) is 0.862. The van der Waals surface area contributed by atoms with Gasteiger partial charge in [-0.25, -0.2) is 0 Å². The van der Waals surface area contributed by atoms with Gasteiger partial charge in [0.25, 0.3) is 0 Å². The molecular formula is C11H15IN2O2. The van der Waals surface area contributed by atoms with E-state index in [0.29, 0.717) is 5.92 Å². The molecule has 0 unspecified atom stereocenters. The monoisotopic (exact) mass is 334 g/mol. The van der Waals surface area contributed by atoms with Gasteiger partial charge < -0.3 is 5.11 Å². The van der Waals surface area contributed by atoms with E-state index < -0.39 is 5.97 Å². The fourth-order valence-corrected chi connectivity index (χ4v) is 2.90. The zero-order valence-corrected chi connectivity index (χ0v) is 11.1. The molecule has 1 aromatic heterocycles.